The lowest BCUT2D eigenvalue weighted by molar-refractivity contribution is -0.207. The van der Waals surface area contributed by atoms with E-state index in [-0.39, 0.29) is 20.6 Å². The number of hydrogen-bond acceptors (Lipinski definition) is 12. The van der Waals surface area contributed by atoms with E-state index in [4.69, 9.17) is 0 Å². The molecule has 0 aliphatic rings. The van der Waals surface area contributed by atoms with Crippen molar-refractivity contribution in [2.45, 2.75) is 70.9 Å². The van der Waals surface area contributed by atoms with Crippen LogP contribution in [0.3, 0.4) is 0 Å². The number of ketones is 1. The standard InChI is InChI=1S/C19H17F4N5O2.C19H15F4N5O2.2CH4/c2*1-12(29)2-3-13-4-7-17(24-9-13)19(22,23)18(30,10-28-11-25-26-27-28)15-6-5-14(20)8-16(15)21;;/h2-9,11-12,29-30H,10H2,1H3;2-9,11,30H,10H2,1H3;2*1H4/b2*3-2+;;. The number of tetrazole rings is 2. The van der Waals surface area contributed by atoms with Crippen LogP contribution in [0.25, 0.3) is 12.2 Å². The monoisotopic (exact) mass is 876 g/mol. The average Bonchev–Trinajstić information content (AvgIpc) is 3.91. The van der Waals surface area contributed by atoms with E-state index in [9.17, 15) is 37.7 Å². The zero-order chi connectivity index (χ0) is 43.9. The van der Waals surface area contributed by atoms with Crippen molar-refractivity contribution in [1.29, 1.82) is 0 Å². The first-order chi connectivity index (χ1) is 28.3. The summed E-state index contributed by atoms with van der Waals surface area (Å²) in [6.45, 7) is 0.968. The van der Waals surface area contributed by atoms with Gasteiger partial charge in [0.05, 0.1) is 19.2 Å². The SMILES string of the molecule is C.C.CC(=O)/C=C/c1ccc(C(F)(F)C(O)(Cn2cnnn2)c2ccc(F)cc2F)nc1.CC(O)/C=C/c1ccc(C(F)(F)C(O)(Cn2cnnn2)c2ccc(F)cc2F)nc1. The summed E-state index contributed by atoms with van der Waals surface area (Å²) in [7, 11) is 0. The van der Waals surface area contributed by atoms with Crippen LogP contribution in [-0.2, 0) is 40.9 Å². The fraction of sp³-hybridized carbons (Fsp3) is 0.275. The van der Waals surface area contributed by atoms with Gasteiger partial charge in [-0.3, -0.25) is 14.8 Å². The Labute approximate surface area is 348 Å². The molecule has 14 nitrogen and oxygen atoms in total. The average molecular weight is 877 g/mol. The van der Waals surface area contributed by atoms with Crippen molar-refractivity contribution in [3.8, 4) is 0 Å². The second-order valence-corrected chi connectivity index (χ2v) is 13.1. The highest BCUT2D eigenvalue weighted by Gasteiger charge is 2.59. The molecule has 6 aromatic rings. The number of rotatable bonds is 14. The first-order valence-electron chi connectivity index (χ1n) is 17.3. The number of carbonyl (C=O) groups excluding carboxylic acids is 1. The van der Waals surface area contributed by atoms with Crippen LogP contribution in [0.1, 0.15) is 62.3 Å². The lowest BCUT2D eigenvalue weighted by Gasteiger charge is -2.35. The van der Waals surface area contributed by atoms with Gasteiger partial charge < -0.3 is 15.3 Å². The minimum atomic E-state index is -4.14. The number of aliphatic hydroxyl groups is 3. The van der Waals surface area contributed by atoms with Crippen molar-refractivity contribution in [2.24, 2.45) is 0 Å². The van der Waals surface area contributed by atoms with Gasteiger partial charge in [0.1, 0.15) is 47.3 Å². The molecule has 0 amide bonds. The van der Waals surface area contributed by atoms with Crippen LogP contribution in [0, 0.1) is 23.3 Å². The summed E-state index contributed by atoms with van der Waals surface area (Å²) in [5, 5.41) is 51.5. The second-order valence-electron chi connectivity index (χ2n) is 13.1. The molecule has 0 aliphatic heterocycles. The van der Waals surface area contributed by atoms with Crippen molar-refractivity contribution >= 4 is 17.9 Å². The van der Waals surface area contributed by atoms with Crippen molar-refractivity contribution in [3.05, 3.63) is 155 Å². The summed E-state index contributed by atoms with van der Waals surface area (Å²) >= 11 is 0. The maximum atomic E-state index is 15.5. The van der Waals surface area contributed by atoms with Gasteiger partial charge in [-0.15, -0.1) is 10.2 Å². The molecule has 4 heterocycles. The topological polar surface area (TPSA) is 191 Å². The van der Waals surface area contributed by atoms with Crippen molar-refractivity contribution in [3.63, 3.8) is 0 Å². The van der Waals surface area contributed by atoms with E-state index in [1.54, 1.807) is 0 Å². The van der Waals surface area contributed by atoms with Gasteiger partial charge in [-0.1, -0.05) is 39.1 Å². The van der Waals surface area contributed by atoms with Gasteiger partial charge in [-0.2, -0.15) is 17.6 Å². The minimum absolute atomic E-state index is 0. The van der Waals surface area contributed by atoms with Gasteiger partial charge in [0.25, 0.3) is 0 Å². The van der Waals surface area contributed by atoms with Gasteiger partial charge in [0.15, 0.2) is 17.0 Å². The summed E-state index contributed by atoms with van der Waals surface area (Å²) in [5.74, 6) is -13.2. The fourth-order valence-corrected chi connectivity index (χ4v) is 5.60. The molecule has 6 rings (SSSR count). The Hall–Kier alpha value is -6.65. The van der Waals surface area contributed by atoms with E-state index in [0.717, 1.165) is 70.8 Å². The minimum Gasteiger partial charge on any atom is -0.389 e. The number of alkyl halides is 4. The summed E-state index contributed by atoms with van der Waals surface area (Å²) < 4.78 is 119. The molecule has 0 radical (unpaired) electrons. The molecule has 3 unspecified atom stereocenters. The summed E-state index contributed by atoms with van der Waals surface area (Å²) in [6, 6.07) is 8.22. The van der Waals surface area contributed by atoms with Crippen LogP contribution >= 0.6 is 0 Å². The molecule has 330 valence electrons. The quantitative estimate of drug-likeness (QED) is 0.0817. The number of aromatic nitrogens is 10. The molecular formula is C40H40F8N10O4. The summed E-state index contributed by atoms with van der Waals surface area (Å²) in [4.78, 5) is 18.4. The number of pyridine rings is 2. The van der Waals surface area contributed by atoms with Crippen LogP contribution in [0.15, 0.2) is 97.9 Å². The van der Waals surface area contributed by atoms with E-state index < -0.39 is 88.0 Å². The number of hydrogen-bond donors (Lipinski definition) is 3. The smallest absolute Gasteiger partial charge is 0.323 e. The van der Waals surface area contributed by atoms with Gasteiger partial charge in [-0.25, -0.2) is 26.9 Å². The maximum absolute atomic E-state index is 15.5. The predicted octanol–water partition coefficient (Wildman–Crippen LogP) is 6.32. The van der Waals surface area contributed by atoms with Crippen LogP contribution in [0.2, 0.25) is 0 Å². The zero-order valence-corrected chi connectivity index (χ0v) is 31.1. The van der Waals surface area contributed by atoms with Crippen molar-refractivity contribution < 1.29 is 55.2 Å². The van der Waals surface area contributed by atoms with Crippen LogP contribution < -0.4 is 0 Å². The molecule has 4 aromatic heterocycles. The molecule has 0 spiro atoms. The van der Waals surface area contributed by atoms with E-state index in [2.05, 4.69) is 41.0 Å². The Morgan fingerprint density at radius 1 is 0.694 bits per heavy atom. The van der Waals surface area contributed by atoms with Gasteiger partial charge >= 0.3 is 11.8 Å². The van der Waals surface area contributed by atoms with Crippen LogP contribution in [-0.4, -0.2) is 77.6 Å². The Balaban J connectivity index is 0.000000320. The van der Waals surface area contributed by atoms with E-state index in [1.807, 2.05) is 0 Å². The summed E-state index contributed by atoms with van der Waals surface area (Å²) in [6.07, 6.45) is 8.89. The normalized spacial score (nSPS) is 14.2. The summed E-state index contributed by atoms with van der Waals surface area (Å²) in [5.41, 5.74) is -9.03. The van der Waals surface area contributed by atoms with Crippen molar-refractivity contribution in [2.75, 3.05) is 0 Å². The number of benzene rings is 2. The third-order valence-electron chi connectivity index (χ3n) is 8.65. The van der Waals surface area contributed by atoms with Crippen LogP contribution in [0.5, 0.6) is 0 Å². The highest BCUT2D eigenvalue weighted by Crippen LogP contribution is 2.48. The lowest BCUT2D eigenvalue weighted by Crippen LogP contribution is -2.48. The Morgan fingerprint density at radius 3 is 1.44 bits per heavy atom. The fourth-order valence-electron chi connectivity index (χ4n) is 5.60. The van der Waals surface area contributed by atoms with E-state index in [0.29, 0.717) is 23.3 Å². The van der Waals surface area contributed by atoms with Gasteiger partial charge in [0.2, 0.25) is 0 Å². The molecule has 22 heteroatoms. The van der Waals surface area contributed by atoms with Crippen LogP contribution in [0.4, 0.5) is 35.1 Å². The third-order valence-corrected chi connectivity index (χ3v) is 8.65. The first kappa shape index (κ1) is 49.7. The first-order valence-corrected chi connectivity index (χ1v) is 17.3. The van der Waals surface area contributed by atoms with E-state index in [1.165, 1.54) is 50.3 Å². The number of aliphatic hydroxyl groups excluding tert-OH is 1. The van der Waals surface area contributed by atoms with Gasteiger partial charge in [0, 0.05) is 35.7 Å². The van der Waals surface area contributed by atoms with E-state index >= 15 is 17.6 Å². The Bertz CT molecular complexity index is 2440. The van der Waals surface area contributed by atoms with Crippen molar-refractivity contribution in [1.82, 2.24) is 50.4 Å². The Kier molecular flexibility index (Phi) is 16.3. The third kappa shape index (κ3) is 11.0. The molecule has 0 bridgehead atoms. The molecule has 0 aliphatic carbocycles. The largest absolute Gasteiger partial charge is 0.389 e. The highest BCUT2D eigenvalue weighted by molar-refractivity contribution is 5.91. The molecule has 0 saturated carbocycles. The highest BCUT2D eigenvalue weighted by atomic mass is 19.3. The molecule has 3 N–H and O–H groups in total. The number of nitrogens with zero attached hydrogens (tertiary/aromatic N) is 10. The molecule has 62 heavy (non-hydrogen) atoms. The maximum Gasteiger partial charge on any atom is 0.323 e. The lowest BCUT2D eigenvalue weighted by atomic mass is 9.84. The predicted molar refractivity (Wildman–Crippen MR) is 206 cm³/mol. The molecule has 3 atom stereocenters. The molecule has 0 fully saturated rings. The number of carbonyl (C=O) groups is 1. The van der Waals surface area contributed by atoms with Gasteiger partial charge in [-0.05, 0) is 94.4 Å². The molecule has 2 aromatic carbocycles. The molecule has 0 saturated heterocycles. The number of allylic oxidation sites excluding steroid dienone is 1. The molecular weight excluding hydrogens is 836 g/mol. The zero-order valence-electron chi connectivity index (χ0n) is 31.1. The number of halogens is 8. The second kappa shape index (κ2) is 20.3. The Morgan fingerprint density at radius 2 is 1.11 bits per heavy atom.